The molecule has 0 bridgehead atoms. The van der Waals surface area contributed by atoms with Gasteiger partial charge in [0.1, 0.15) is 5.82 Å². The predicted molar refractivity (Wildman–Crippen MR) is 81.1 cm³/mol. The first-order valence-electron chi connectivity index (χ1n) is 6.48. The molecule has 1 unspecified atom stereocenters. The third-order valence-electron chi connectivity index (χ3n) is 3.19. The van der Waals surface area contributed by atoms with E-state index in [0.29, 0.717) is 0 Å². The third-order valence-corrected chi connectivity index (χ3v) is 4.62. The Kier molecular flexibility index (Phi) is 4.59. The van der Waals surface area contributed by atoms with Crippen molar-refractivity contribution in [3.63, 3.8) is 0 Å². The predicted octanol–water partition coefficient (Wildman–Crippen LogP) is 2.91. The van der Waals surface area contributed by atoms with Crippen LogP contribution in [0.5, 0.6) is 0 Å². The van der Waals surface area contributed by atoms with Crippen LogP contribution in [0, 0.1) is 5.82 Å². The van der Waals surface area contributed by atoms with Crippen LogP contribution in [-0.4, -0.2) is 15.5 Å². The molecule has 0 saturated heterocycles. The molecule has 0 saturated carbocycles. The minimum Gasteiger partial charge on any atom is -0.379 e. The standard InChI is InChI=1S/C15H17FN2O2S/c1-11(12-3-5-13(16)6-4-12)18-14-7-9-15(10-8-14)21(19,20)17-2/h3-11,17-18H,1-2H3. The molecule has 0 heterocycles. The first-order chi connectivity index (χ1) is 9.92. The van der Waals surface area contributed by atoms with Gasteiger partial charge >= 0.3 is 0 Å². The lowest BCUT2D eigenvalue weighted by molar-refractivity contribution is 0.588. The fourth-order valence-electron chi connectivity index (χ4n) is 1.93. The Morgan fingerprint density at radius 2 is 1.57 bits per heavy atom. The normalized spacial score (nSPS) is 12.9. The maximum absolute atomic E-state index is 12.9. The summed E-state index contributed by atoms with van der Waals surface area (Å²) >= 11 is 0. The number of anilines is 1. The summed E-state index contributed by atoms with van der Waals surface area (Å²) in [5.41, 5.74) is 1.74. The topological polar surface area (TPSA) is 58.2 Å². The van der Waals surface area contributed by atoms with Gasteiger partial charge in [-0.3, -0.25) is 0 Å². The van der Waals surface area contributed by atoms with Crippen LogP contribution in [0.2, 0.25) is 0 Å². The molecule has 0 fully saturated rings. The van der Waals surface area contributed by atoms with E-state index in [1.807, 2.05) is 6.92 Å². The summed E-state index contributed by atoms with van der Waals surface area (Å²) in [4.78, 5) is 0.213. The maximum atomic E-state index is 12.9. The van der Waals surface area contributed by atoms with Crippen molar-refractivity contribution >= 4 is 15.7 Å². The van der Waals surface area contributed by atoms with E-state index < -0.39 is 10.0 Å². The van der Waals surface area contributed by atoms with Gasteiger partial charge in [-0.15, -0.1) is 0 Å². The average molecular weight is 308 g/mol. The smallest absolute Gasteiger partial charge is 0.240 e. The quantitative estimate of drug-likeness (QED) is 0.893. The highest BCUT2D eigenvalue weighted by molar-refractivity contribution is 7.89. The van der Waals surface area contributed by atoms with Crippen molar-refractivity contribution in [3.05, 3.63) is 59.9 Å². The van der Waals surface area contributed by atoms with E-state index in [1.54, 1.807) is 24.3 Å². The van der Waals surface area contributed by atoms with E-state index in [9.17, 15) is 12.8 Å². The van der Waals surface area contributed by atoms with Crippen LogP contribution in [0.1, 0.15) is 18.5 Å². The Hall–Kier alpha value is -1.92. The zero-order chi connectivity index (χ0) is 15.5. The lowest BCUT2D eigenvalue weighted by Gasteiger charge is -2.16. The highest BCUT2D eigenvalue weighted by atomic mass is 32.2. The van der Waals surface area contributed by atoms with Crippen molar-refractivity contribution in [2.24, 2.45) is 0 Å². The van der Waals surface area contributed by atoms with Crippen molar-refractivity contribution in [1.29, 1.82) is 0 Å². The van der Waals surface area contributed by atoms with Crippen LogP contribution < -0.4 is 10.0 Å². The third kappa shape index (κ3) is 3.80. The van der Waals surface area contributed by atoms with Crippen molar-refractivity contribution < 1.29 is 12.8 Å². The zero-order valence-electron chi connectivity index (χ0n) is 11.8. The number of halogens is 1. The molecule has 1 atom stereocenters. The highest BCUT2D eigenvalue weighted by Crippen LogP contribution is 2.21. The molecule has 0 radical (unpaired) electrons. The SMILES string of the molecule is CNS(=O)(=O)c1ccc(NC(C)c2ccc(F)cc2)cc1. The van der Waals surface area contributed by atoms with Crippen LogP contribution in [-0.2, 0) is 10.0 Å². The molecule has 0 spiro atoms. The molecule has 0 aromatic heterocycles. The summed E-state index contributed by atoms with van der Waals surface area (Å²) in [6, 6.07) is 12.7. The van der Waals surface area contributed by atoms with Crippen molar-refractivity contribution in [2.75, 3.05) is 12.4 Å². The monoisotopic (exact) mass is 308 g/mol. The molecular weight excluding hydrogens is 291 g/mol. The van der Waals surface area contributed by atoms with Gasteiger partial charge in [0.25, 0.3) is 0 Å². The first-order valence-corrected chi connectivity index (χ1v) is 7.96. The Balaban J connectivity index is 2.11. The van der Waals surface area contributed by atoms with Gasteiger partial charge in [0.15, 0.2) is 0 Å². The fourth-order valence-corrected chi connectivity index (χ4v) is 2.66. The van der Waals surface area contributed by atoms with Gasteiger partial charge in [0, 0.05) is 11.7 Å². The molecule has 6 heteroatoms. The van der Waals surface area contributed by atoms with Gasteiger partial charge < -0.3 is 5.32 Å². The summed E-state index contributed by atoms with van der Waals surface area (Å²) in [5.74, 6) is -0.271. The van der Waals surface area contributed by atoms with Gasteiger partial charge in [-0.25, -0.2) is 17.5 Å². The van der Waals surface area contributed by atoms with Crippen LogP contribution in [0.4, 0.5) is 10.1 Å². The van der Waals surface area contributed by atoms with Crippen LogP contribution in [0.3, 0.4) is 0 Å². The zero-order valence-corrected chi connectivity index (χ0v) is 12.6. The van der Waals surface area contributed by atoms with E-state index in [0.717, 1.165) is 11.3 Å². The van der Waals surface area contributed by atoms with Crippen LogP contribution >= 0.6 is 0 Å². The number of benzene rings is 2. The summed E-state index contributed by atoms with van der Waals surface area (Å²) in [7, 11) is -2.05. The Bertz CT molecular complexity index is 697. The van der Waals surface area contributed by atoms with Crippen molar-refractivity contribution in [2.45, 2.75) is 17.9 Å². The number of rotatable bonds is 5. The first kappa shape index (κ1) is 15.5. The Morgan fingerprint density at radius 1 is 1.00 bits per heavy atom. The molecule has 0 aliphatic rings. The fraction of sp³-hybridized carbons (Fsp3) is 0.200. The van der Waals surface area contributed by atoms with Gasteiger partial charge in [-0.2, -0.15) is 0 Å². The van der Waals surface area contributed by atoms with E-state index in [2.05, 4.69) is 10.0 Å². The molecule has 2 N–H and O–H groups in total. The molecule has 0 aliphatic carbocycles. The summed E-state index contributed by atoms with van der Waals surface area (Å²) in [6.45, 7) is 1.95. The molecule has 112 valence electrons. The van der Waals surface area contributed by atoms with Crippen LogP contribution in [0.25, 0.3) is 0 Å². The number of hydrogen-bond donors (Lipinski definition) is 2. The van der Waals surface area contributed by atoms with Crippen molar-refractivity contribution in [3.8, 4) is 0 Å². The van der Waals surface area contributed by atoms with Gasteiger partial charge in [-0.05, 0) is 55.9 Å². The molecular formula is C15H17FN2O2S. The number of nitrogens with one attached hydrogen (secondary N) is 2. The van der Waals surface area contributed by atoms with Gasteiger partial charge in [-0.1, -0.05) is 12.1 Å². The largest absolute Gasteiger partial charge is 0.379 e. The van der Waals surface area contributed by atoms with Gasteiger partial charge in [0.05, 0.1) is 4.90 Å². The molecule has 4 nitrogen and oxygen atoms in total. The minimum absolute atomic E-state index is 0.0163. The molecule has 0 amide bonds. The second kappa shape index (κ2) is 6.24. The van der Waals surface area contributed by atoms with E-state index >= 15 is 0 Å². The molecule has 0 aliphatic heterocycles. The lowest BCUT2D eigenvalue weighted by Crippen LogP contribution is -2.18. The minimum atomic E-state index is -3.42. The van der Waals surface area contributed by atoms with Crippen LogP contribution in [0.15, 0.2) is 53.4 Å². The summed E-state index contributed by atoms with van der Waals surface area (Å²) < 4.78 is 38.4. The van der Waals surface area contributed by atoms with E-state index in [4.69, 9.17) is 0 Å². The molecule has 2 aromatic rings. The van der Waals surface area contributed by atoms with Crippen molar-refractivity contribution in [1.82, 2.24) is 4.72 Å². The highest BCUT2D eigenvalue weighted by Gasteiger charge is 2.11. The lowest BCUT2D eigenvalue weighted by atomic mass is 10.1. The second-order valence-electron chi connectivity index (χ2n) is 4.65. The summed E-state index contributed by atoms with van der Waals surface area (Å²) in [6.07, 6.45) is 0. The average Bonchev–Trinajstić information content (AvgIpc) is 2.48. The Labute approximate surface area is 124 Å². The maximum Gasteiger partial charge on any atom is 0.240 e. The Morgan fingerprint density at radius 3 is 2.10 bits per heavy atom. The molecule has 2 rings (SSSR count). The molecule has 2 aromatic carbocycles. The second-order valence-corrected chi connectivity index (χ2v) is 6.54. The van der Waals surface area contributed by atoms with Gasteiger partial charge in [0.2, 0.25) is 10.0 Å². The molecule has 21 heavy (non-hydrogen) atoms. The summed E-state index contributed by atoms with van der Waals surface area (Å²) in [5, 5.41) is 3.24. The number of hydrogen-bond acceptors (Lipinski definition) is 3. The number of sulfonamides is 1. The van der Waals surface area contributed by atoms with E-state index in [1.165, 1.54) is 31.3 Å². The van der Waals surface area contributed by atoms with E-state index in [-0.39, 0.29) is 16.8 Å².